The van der Waals surface area contributed by atoms with E-state index < -0.39 is 0 Å². The summed E-state index contributed by atoms with van der Waals surface area (Å²) < 4.78 is 14.0. The normalized spacial score (nSPS) is 11.7. The third kappa shape index (κ3) is 4.35. The maximum atomic E-state index is 14.0. The van der Waals surface area contributed by atoms with Gasteiger partial charge in [-0.25, -0.2) is 4.39 Å². The van der Waals surface area contributed by atoms with E-state index in [9.17, 15) is 4.39 Å². The molecule has 4 nitrogen and oxygen atoms in total. The molecule has 0 amide bonds. The molecule has 0 spiro atoms. The van der Waals surface area contributed by atoms with Gasteiger partial charge in [0.15, 0.2) is 0 Å². The number of hydrogen-bond donors (Lipinski definition) is 1. The Kier molecular flexibility index (Phi) is 5.47. The molecule has 1 aromatic heterocycles. The van der Waals surface area contributed by atoms with Crippen molar-refractivity contribution in [3.8, 4) is 11.3 Å². The lowest BCUT2D eigenvalue weighted by molar-refractivity contribution is 0.371. The molecule has 26 heavy (non-hydrogen) atoms. The van der Waals surface area contributed by atoms with Gasteiger partial charge in [-0.05, 0) is 26.3 Å². The van der Waals surface area contributed by atoms with Gasteiger partial charge >= 0.3 is 0 Å². The lowest BCUT2D eigenvalue weighted by Gasteiger charge is -2.24. The first kappa shape index (κ1) is 18.3. The van der Waals surface area contributed by atoms with E-state index in [4.69, 9.17) is 0 Å². The van der Waals surface area contributed by atoms with Crippen molar-refractivity contribution in [3.05, 3.63) is 71.7 Å². The number of aromatic nitrogens is 3. The van der Waals surface area contributed by atoms with E-state index in [0.717, 1.165) is 23.4 Å². The molecular weight excluding hydrogens is 327 g/mol. The van der Waals surface area contributed by atoms with Crippen molar-refractivity contribution in [2.24, 2.45) is 0 Å². The molecule has 0 atom stereocenters. The summed E-state index contributed by atoms with van der Waals surface area (Å²) in [7, 11) is 0. The molecule has 1 heterocycles. The van der Waals surface area contributed by atoms with E-state index >= 15 is 0 Å². The van der Waals surface area contributed by atoms with Crippen LogP contribution < -0.4 is 5.32 Å². The maximum Gasteiger partial charge on any atom is 0.128 e. The SMILES string of the molecule is CCC(C)(C)NCc1nn(Cc2ccccc2F)nc1-c1ccccc1. The fourth-order valence-electron chi connectivity index (χ4n) is 2.62. The summed E-state index contributed by atoms with van der Waals surface area (Å²) in [6, 6.07) is 16.7. The first-order valence-corrected chi connectivity index (χ1v) is 8.96. The molecule has 0 aliphatic carbocycles. The van der Waals surface area contributed by atoms with Gasteiger partial charge < -0.3 is 5.32 Å². The summed E-state index contributed by atoms with van der Waals surface area (Å²) in [5.74, 6) is -0.238. The molecule has 0 saturated heterocycles. The van der Waals surface area contributed by atoms with Crippen LogP contribution in [0.1, 0.15) is 38.4 Å². The first-order valence-electron chi connectivity index (χ1n) is 8.96. The molecular formula is C21H25FN4. The Morgan fingerprint density at radius 1 is 1.00 bits per heavy atom. The van der Waals surface area contributed by atoms with Gasteiger partial charge in [0.05, 0.1) is 6.54 Å². The molecule has 0 bridgehead atoms. The summed E-state index contributed by atoms with van der Waals surface area (Å²) in [5.41, 5.74) is 3.31. The lowest BCUT2D eigenvalue weighted by atomic mass is 10.0. The average molecular weight is 352 g/mol. The van der Waals surface area contributed by atoms with Gasteiger partial charge in [0.1, 0.15) is 17.2 Å². The van der Waals surface area contributed by atoms with Gasteiger partial charge in [0.2, 0.25) is 0 Å². The number of halogens is 1. The van der Waals surface area contributed by atoms with Crippen molar-refractivity contribution in [2.75, 3.05) is 0 Å². The van der Waals surface area contributed by atoms with Crippen LogP contribution in [0.25, 0.3) is 11.3 Å². The Labute approximate surface area is 154 Å². The molecule has 3 rings (SSSR count). The minimum absolute atomic E-state index is 0.0171. The van der Waals surface area contributed by atoms with E-state index in [1.807, 2.05) is 36.4 Å². The Morgan fingerprint density at radius 2 is 1.69 bits per heavy atom. The minimum Gasteiger partial charge on any atom is -0.306 e. The van der Waals surface area contributed by atoms with Gasteiger partial charge in [-0.2, -0.15) is 15.0 Å². The second kappa shape index (κ2) is 7.79. The van der Waals surface area contributed by atoms with Crippen LogP contribution in [0.2, 0.25) is 0 Å². The van der Waals surface area contributed by atoms with Crippen LogP contribution >= 0.6 is 0 Å². The van der Waals surface area contributed by atoms with Crippen LogP contribution in [0, 0.1) is 5.82 Å². The van der Waals surface area contributed by atoms with E-state index in [2.05, 4.69) is 36.3 Å². The summed E-state index contributed by atoms with van der Waals surface area (Å²) >= 11 is 0. The zero-order valence-electron chi connectivity index (χ0n) is 15.5. The quantitative estimate of drug-likeness (QED) is 0.685. The largest absolute Gasteiger partial charge is 0.306 e. The summed E-state index contributed by atoms with van der Waals surface area (Å²) in [6.07, 6.45) is 1.01. The van der Waals surface area contributed by atoms with Crippen LogP contribution in [0.5, 0.6) is 0 Å². The third-order valence-electron chi connectivity index (χ3n) is 4.66. The highest BCUT2D eigenvalue weighted by molar-refractivity contribution is 5.60. The van der Waals surface area contributed by atoms with E-state index in [0.29, 0.717) is 18.7 Å². The van der Waals surface area contributed by atoms with Crippen molar-refractivity contribution in [1.29, 1.82) is 0 Å². The number of rotatable bonds is 7. The molecule has 136 valence electrons. The molecule has 1 N–H and O–H groups in total. The van der Waals surface area contributed by atoms with E-state index in [-0.39, 0.29) is 11.4 Å². The van der Waals surface area contributed by atoms with Gasteiger partial charge in [0, 0.05) is 23.2 Å². The number of nitrogens with one attached hydrogen (secondary N) is 1. The molecule has 0 fully saturated rings. The van der Waals surface area contributed by atoms with Crippen molar-refractivity contribution in [2.45, 2.75) is 45.8 Å². The Morgan fingerprint density at radius 3 is 2.38 bits per heavy atom. The predicted molar refractivity (Wildman–Crippen MR) is 102 cm³/mol. The Balaban J connectivity index is 1.91. The number of nitrogens with zero attached hydrogens (tertiary/aromatic N) is 3. The second-order valence-electron chi connectivity index (χ2n) is 7.07. The van der Waals surface area contributed by atoms with Gasteiger partial charge in [-0.3, -0.25) is 0 Å². The number of hydrogen-bond acceptors (Lipinski definition) is 3. The molecule has 0 saturated carbocycles. The lowest BCUT2D eigenvalue weighted by Crippen LogP contribution is -2.38. The molecule has 3 aromatic rings. The Hall–Kier alpha value is -2.53. The summed E-state index contributed by atoms with van der Waals surface area (Å²) in [5, 5.41) is 12.8. The van der Waals surface area contributed by atoms with Crippen LogP contribution in [0.4, 0.5) is 4.39 Å². The monoisotopic (exact) mass is 352 g/mol. The maximum absolute atomic E-state index is 14.0. The molecule has 5 heteroatoms. The smallest absolute Gasteiger partial charge is 0.128 e. The zero-order valence-corrected chi connectivity index (χ0v) is 15.5. The van der Waals surface area contributed by atoms with Crippen molar-refractivity contribution in [3.63, 3.8) is 0 Å². The van der Waals surface area contributed by atoms with Crippen molar-refractivity contribution in [1.82, 2.24) is 20.3 Å². The topological polar surface area (TPSA) is 42.7 Å². The standard InChI is InChI=1S/C21H25FN4/c1-4-21(2,3)23-14-19-20(16-10-6-5-7-11-16)25-26(24-19)15-17-12-8-9-13-18(17)22/h5-13,23H,4,14-15H2,1-3H3. The Bertz CT molecular complexity index is 855. The van der Waals surface area contributed by atoms with Gasteiger partial charge in [-0.15, -0.1) is 0 Å². The van der Waals surface area contributed by atoms with Crippen LogP contribution in [0.3, 0.4) is 0 Å². The minimum atomic E-state index is -0.238. The van der Waals surface area contributed by atoms with E-state index in [1.54, 1.807) is 16.9 Å². The number of benzene rings is 2. The summed E-state index contributed by atoms with van der Waals surface area (Å²) in [4.78, 5) is 1.58. The molecule has 0 radical (unpaired) electrons. The fraction of sp³-hybridized carbons (Fsp3) is 0.333. The first-order chi connectivity index (χ1) is 12.5. The highest BCUT2D eigenvalue weighted by Gasteiger charge is 2.18. The molecule has 2 aromatic carbocycles. The second-order valence-corrected chi connectivity index (χ2v) is 7.07. The highest BCUT2D eigenvalue weighted by Crippen LogP contribution is 2.21. The zero-order chi connectivity index (χ0) is 18.6. The fourth-order valence-corrected chi connectivity index (χ4v) is 2.62. The van der Waals surface area contributed by atoms with Crippen molar-refractivity contribution >= 4 is 0 Å². The predicted octanol–water partition coefficient (Wildman–Crippen LogP) is 4.41. The highest BCUT2D eigenvalue weighted by atomic mass is 19.1. The van der Waals surface area contributed by atoms with E-state index in [1.165, 1.54) is 6.07 Å². The van der Waals surface area contributed by atoms with Gasteiger partial charge in [0.25, 0.3) is 0 Å². The molecule has 0 aliphatic heterocycles. The van der Waals surface area contributed by atoms with Gasteiger partial charge in [-0.1, -0.05) is 55.5 Å². The van der Waals surface area contributed by atoms with Crippen LogP contribution in [-0.2, 0) is 13.1 Å². The molecule has 0 unspecified atom stereocenters. The van der Waals surface area contributed by atoms with Crippen molar-refractivity contribution < 1.29 is 4.39 Å². The van der Waals surface area contributed by atoms with Crippen LogP contribution in [-0.4, -0.2) is 20.5 Å². The third-order valence-corrected chi connectivity index (χ3v) is 4.66. The summed E-state index contributed by atoms with van der Waals surface area (Å²) in [6.45, 7) is 7.41. The van der Waals surface area contributed by atoms with Crippen LogP contribution in [0.15, 0.2) is 54.6 Å². The molecule has 0 aliphatic rings. The average Bonchev–Trinajstić information content (AvgIpc) is 3.06.